The lowest BCUT2D eigenvalue weighted by Gasteiger charge is -2.17. The second-order valence-corrected chi connectivity index (χ2v) is 5.32. The SMILES string of the molecule is Cc1cccc2c1ccn2CC(CN)c1ccccc1. The van der Waals surface area contributed by atoms with Crippen LogP contribution in [0.25, 0.3) is 10.9 Å². The minimum atomic E-state index is 0.354. The van der Waals surface area contributed by atoms with Gasteiger partial charge in [0.25, 0.3) is 0 Å². The highest BCUT2D eigenvalue weighted by Crippen LogP contribution is 2.23. The van der Waals surface area contributed by atoms with Gasteiger partial charge in [-0.15, -0.1) is 0 Å². The Labute approximate surface area is 119 Å². The Morgan fingerprint density at radius 3 is 2.55 bits per heavy atom. The van der Waals surface area contributed by atoms with Gasteiger partial charge in [-0.3, -0.25) is 0 Å². The van der Waals surface area contributed by atoms with Crippen molar-refractivity contribution in [3.05, 3.63) is 71.9 Å². The topological polar surface area (TPSA) is 30.9 Å². The summed E-state index contributed by atoms with van der Waals surface area (Å²) in [4.78, 5) is 0. The van der Waals surface area contributed by atoms with Gasteiger partial charge in [0.1, 0.15) is 0 Å². The lowest BCUT2D eigenvalue weighted by molar-refractivity contribution is 0.580. The maximum atomic E-state index is 5.98. The van der Waals surface area contributed by atoms with E-state index in [2.05, 4.69) is 66.2 Å². The van der Waals surface area contributed by atoms with Crippen molar-refractivity contribution in [3.63, 3.8) is 0 Å². The second-order valence-electron chi connectivity index (χ2n) is 5.32. The molecule has 1 aromatic heterocycles. The van der Waals surface area contributed by atoms with E-state index >= 15 is 0 Å². The van der Waals surface area contributed by atoms with Crippen LogP contribution in [0.5, 0.6) is 0 Å². The number of hydrogen-bond donors (Lipinski definition) is 1. The zero-order valence-electron chi connectivity index (χ0n) is 11.8. The molecule has 0 spiro atoms. The molecule has 0 aliphatic heterocycles. The normalized spacial score (nSPS) is 12.7. The van der Waals surface area contributed by atoms with E-state index in [0.717, 1.165) is 6.54 Å². The zero-order valence-corrected chi connectivity index (χ0v) is 11.8. The summed E-state index contributed by atoms with van der Waals surface area (Å²) in [6.07, 6.45) is 2.17. The molecular formula is C18H20N2. The van der Waals surface area contributed by atoms with E-state index in [-0.39, 0.29) is 0 Å². The average molecular weight is 264 g/mol. The van der Waals surface area contributed by atoms with E-state index < -0.39 is 0 Å². The van der Waals surface area contributed by atoms with Gasteiger partial charge >= 0.3 is 0 Å². The van der Waals surface area contributed by atoms with E-state index in [1.165, 1.54) is 22.0 Å². The van der Waals surface area contributed by atoms with Crippen LogP contribution in [0, 0.1) is 6.92 Å². The van der Waals surface area contributed by atoms with Crippen molar-refractivity contribution in [2.75, 3.05) is 6.54 Å². The summed E-state index contributed by atoms with van der Waals surface area (Å²) in [5, 5.41) is 1.33. The largest absolute Gasteiger partial charge is 0.347 e. The van der Waals surface area contributed by atoms with Crippen molar-refractivity contribution in [2.24, 2.45) is 5.73 Å². The summed E-state index contributed by atoms with van der Waals surface area (Å²) in [6.45, 7) is 3.74. The predicted molar refractivity (Wildman–Crippen MR) is 84.9 cm³/mol. The summed E-state index contributed by atoms with van der Waals surface area (Å²) in [5.41, 5.74) is 9.91. The molecule has 2 aromatic carbocycles. The molecule has 0 aliphatic carbocycles. The lowest BCUT2D eigenvalue weighted by Crippen LogP contribution is -2.18. The third-order valence-electron chi connectivity index (χ3n) is 4.00. The number of aromatic nitrogens is 1. The van der Waals surface area contributed by atoms with Crippen LogP contribution in [0.3, 0.4) is 0 Å². The van der Waals surface area contributed by atoms with Crippen molar-refractivity contribution < 1.29 is 0 Å². The van der Waals surface area contributed by atoms with Crippen molar-refractivity contribution in [1.29, 1.82) is 0 Å². The van der Waals surface area contributed by atoms with Crippen LogP contribution in [0.1, 0.15) is 17.0 Å². The highest BCUT2D eigenvalue weighted by atomic mass is 15.0. The monoisotopic (exact) mass is 264 g/mol. The molecule has 0 bridgehead atoms. The van der Waals surface area contributed by atoms with Gasteiger partial charge in [-0.2, -0.15) is 0 Å². The highest BCUT2D eigenvalue weighted by Gasteiger charge is 2.12. The maximum Gasteiger partial charge on any atom is 0.0483 e. The first-order chi connectivity index (χ1) is 9.79. The molecule has 3 rings (SSSR count). The third-order valence-corrected chi connectivity index (χ3v) is 4.00. The van der Waals surface area contributed by atoms with Crippen molar-refractivity contribution >= 4 is 10.9 Å². The van der Waals surface area contributed by atoms with Gasteiger partial charge in [-0.05, 0) is 30.2 Å². The molecular weight excluding hydrogens is 244 g/mol. The standard InChI is InChI=1S/C18H20N2/c1-14-6-5-9-18-17(14)10-11-20(18)13-16(12-19)15-7-3-2-4-8-15/h2-11,16H,12-13,19H2,1H3. The summed E-state index contributed by atoms with van der Waals surface area (Å²) < 4.78 is 2.31. The average Bonchev–Trinajstić information content (AvgIpc) is 2.90. The first-order valence-electron chi connectivity index (χ1n) is 7.09. The van der Waals surface area contributed by atoms with Gasteiger partial charge in [0, 0.05) is 36.1 Å². The molecule has 2 nitrogen and oxygen atoms in total. The summed E-state index contributed by atoms with van der Waals surface area (Å²) in [7, 11) is 0. The molecule has 0 aliphatic rings. The number of aryl methyl sites for hydroxylation is 1. The molecule has 1 heterocycles. The predicted octanol–water partition coefficient (Wildman–Crippen LogP) is 3.69. The summed E-state index contributed by atoms with van der Waals surface area (Å²) in [5.74, 6) is 0.354. The quantitative estimate of drug-likeness (QED) is 0.765. The minimum absolute atomic E-state index is 0.354. The molecule has 20 heavy (non-hydrogen) atoms. The fraction of sp³-hybridized carbons (Fsp3) is 0.222. The van der Waals surface area contributed by atoms with Crippen molar-refractivity contribution in [1.82, 2.24) is 4.57 Å². The Balaban J connectivity index is 1.94. The van der Waals surface area contributed by atoms with E-state index in [1.54, 1.807) is 0 Å². The molecule has 0 radical (unpaired) electrons. The molecule has 0 amide bonds. The molecule has 3 aromatic rings. The van der Waals surface area contributed by atoms with Crippen LogP contribution in [0.15, 0.2) is 60.8 Å². The molecule has 1 atom stereocenters. The van der Waals surface area contributed by atoms with Crippen LogP contribution in [-0.2, 0) is 6.54 Å². The van der Waals surface area contributed by atoms with Crippen LogP contribution >= 0.6 is 0 Å². The second kappa shape index (κ2) is 5.51. The summed E-state index contributed by atoms with van der Waals surface area (Å²) >= 11 is 0. The van der Waals surface area contributed by atoms with Gasteiger partial charge in [-0.1, -0.05) is 42.5 Å². The van der Waals surface area contributed by atoms with Crippen molar-refractivity contribution in [2.45, 2.75) is 19.4 Å². The van der Waals surface area contributed by atoms with Crippen LogP contribution in [0.4, 0.5) is 0 Å². The number of fused-ring (bicyclic) bond motifs is 1. The van der Waals surface area contributed by atoms with Gasteiger partial charge in [0.05, 0.1) is 0 Å². The Kier molecular flexibility index (Phi) is 3.57. The molecule has 0 saturated heterocycles. The lowest BCUT2D eigenvalue weighted by atomic mass is 9.99. The van der Waals surface area contributed by atoms with E-state index in [9.17, 15) is 0 Å². The molecule has 0 saturated carbocycles. The van der Waals surface area contributed by atoms with E-state index in [4.69, 9.17) is 5.73 Å². The fourth-order valence-corrected chi connectivity index (χ4v) is 2.82. The molecule has 2 heteroatoms. The third kappa shape index (κ3) is 2.35. The van der Waals surface area contributed by atoms with E-state index in [1.807, 2.05) is 6.07 Å². The number of rotatable bonds is 4. The van der Waals surface area contributed by atoms with Gasteiger partial charge in [-0.25, -0.2) is 0 Å². The molecule has 0 fully saturated rings. The highest BCUT2D eigenvalue weighted by molar-refractivity contribution is 5.83. The zero-order chi connectivity index (χ0) is 13.9. The van der Waals surface area contributed by atoms with Crippen LogP contribution < -0.4 is 5.73 Å². The Hall–Kier alpha value is -2.06. The Bertz CT molecular complexity index is 698. The van der Waals surface area contributed by atoms with Gasteiger partial charge in [0.2, 0.25) is 0 Å². The van der Waals surface area contributed by atoms with Crippen LogP contribution in [0.2, 0.25) is 0 Å². The number of nitrogens with zero attached hydrogens (tertiary/aromatic N) is 1. The molecule has 2 N–H and O–H groups in total. The molecule has 102 valence electrons. The fourth-order valence-electron chi connectivity index (χ4n) is 2.82. The first-order valence-corrected chi connectivity index (χ1v) is 7.09. The Morgan fingerprint density at radius 1 is 1.00 bits per heavy atom. The van der Waals surface area contributed by atoms with E-state index in [0.29, 0.717) is 12.5 Å². The number of nitrogens with two attached hydrogens (primary N) is 1. The maximum absolute atomic E-state index is 5.98. The first kappa shape index (κ1) is 12.9. The summed E-state index contributed by atoms with van der Waals surface area (Å²) in [6, 6.07) is 19.2. The smallest absolute Gasteiger partial charge is 0.0483 e. The number of benzene rings is 2. The Morgan fingerprint density at radius 2 is 1.80 bits per heavy atom. The number of hydrogen-bond acceptors (Lipinski definition) is 1. The van der Waals surface area contributed by atoms with Gasteiger partial charge < -0.3 is 10.3 Å². The minimum Gasteiger partial charge on any atom is -0.347 e. The van der Waals surface area contributed by atoms with Gasteiger partial charge in [0.15, 0.2) is 0 Å². The van der Waals surface area contributed by atoms with Crippen molar-refractivity contribution in [3.8, 4) is 0 Å². The van der Waals surface area contributed by atoms with Crippen LogP contribution in [-0.4, -0.2) is 11.1 Å². The molecule has 1 unspecified atom stereocenters.